The number of carbonyl (C=O) groups is 1. The lowest BCUT2D eigenvalue weighted by Crippen LogP contribution is -2.20. The fourth-order valence-corrected chi connectivity index (χ4v) is 1.71. The van der Waals surface area contributed by atoms with Crippen molar-refractivity contribution in [2.24, 2.45) is 0 Å². The van der Waals surface area contributed by atoms with Crippen LogP contribution in [0.25, 0.3) is 6.08 Å². The lowest BCUT2D eigenvalue weighted by Gasteiger charge is -2.08. The van der Waals surface area contributed by atoms with E-state index in [9.17, 15) is 4.79 Å². The second-order valence-corrected chi connectivity index (χ2v) is 4.04. The van der Waals surface area contributed by atoms with Crippen LogP contribution < -0.4 is 10.1 Å². The number of rotatable bonds is 5. The van der Waals surface area contributed by atoms with E-state index in [0.29, 0.717) is 6.54 Å². The average Bonchev–Trinajstić information content (AvgIpc) is 2.34. The molecule has 0 unspecified atom stereocenters. The van der Waals surface area contributed by atoms with E-state index >= 15 is 0 Å². The van der Waals surface area contributed by atoms with Crippen molar-refractivity contribution in [3.05, 3.63) is 47.6 Å². The topological polar surface area (TPSA) is 38.3 Å². The summed E-state index contributed by atoms with van der Waals surface area (Å²) >= 11 is 0. The smallest absolute Gasteiger partial charge is 0.244 e. The molecule has 1 amide bonds. The summed E-state index contributed by atoms with van der Waals surface area (Å²) in [5, 5.41) is 2.70. The highest BCUT2D eigenvalue weighted by Crippen LogP contribution is 2.22. The molecule has 1 N–H and O–H groups in total. The molecule has 0 fully saturated rings. The fourth-order valence-electron chi connectivity index (χ4n) is 1.71. The molecule has 0 aliphatic rings. The Morgan fingerprint density at radius 3 is 2.50 bits per heavy atom. The Bertz CT molecular complexity index is 452. The van der Waals surface area contributed by atoms with Crippen LogP contribution in [0.4, 0.5) is 0 Å². The van der Waals surface area contributed by atoms with Crippen LogP contribution in [0.2, 0.25) is 0 Å². The predicted octanol–water partition coefficient (Wildman–Crippen LogP) is 2.63. The molecular formula is C15H19NO2. The largest absolute Gasteiger partial charge is 0.497 e. The molecule has 0 radical (unpaired) electrons. The van der Waals surface area contributed by atoms with E-state index in [2.05, 4.69) is 11.9 Å². The minimum Gasteiger partial charge on any atom is -0.497 e. The molecule has 0 atom stereocenters. The molecule has 0 saturated carbocycles. The Kier molecular flexibility index (Phi) is 5.18. The molecule has 0 aromatic heterocycles. The van der Waals surface area contributed by atoms with E-state index in [-0.39, 0.29) is 5.91 Å². The van der Waals surface area contributed by atoms with Gasteiger partial charge in [-0.2, -0.15) is 0 Å². The zero-order valence-corrected chi connectivity index (χ0v) is 11.1. The van der Waals surface area contributed by atoms with E-state index in [1.165, 1.54) is 6.08 Å². The van der Waals surface area contributed by atoms with Gasteiger partial charge in [-0.15, -0.1) is 6.58 Å². The van der Waals surface area contributed by atoms with Crippen molar-refractivity contribution in [2.75, 3.05) is 13.7 Å². The number of methoxy groups -OCH3 is 1. The highest BCUT2D eigenvalue weighted by molar-refractivity contribution is 5.92. The summed E-state index contributed by atoms with van der Waals surface area (Å²) in [5.74, 6) is 0.711. The number of amides is 1. The Morgan fingerprint density at radius 1 is 1.39 bits per heavy atom. The van der Waals surface area contributed by atoms with Crippen LogP contribution in [0.1, 0.15) is 16.7 Å². The highest BCUT2D eigenvalue weighted by Gasteiger charge is 2.03. The molecule has 0 aliphatic heterocycles. The molecule has 0 saturated heterocycles. The quantitative estimate of drug-likeness (QED) is 0.639. The predicted molar refractivity (Wildman–Crippen MR) is 74.7 cm³/mol. The maximum atomic E-state index is 11.5. The summed E-state index contributed by atoms with van der Waals surface area (Å²) in [4.78, 5) is 11.5. The third-order valence-corrected chi connectivity index (χ3v) is 2.62. The van der Waals surface area contributed by atoms with E-state index in [1.54, 1.807) is 13.2 Å². The molecule has 1 aromatic carbocycles. The monoisotopic (exact) mass is 245 g/mol. The van der Waals surface area contributed by atoms with Gasteiger partial charge in [-0.05, 0) is 48.7 Å². The van der Waals surface area contributed by atoms with Gasteiger partial charge < -0.3 is 10.1 Å². The van der Waals surface area contributed by atoms with Gasteiger partial charge in [0.2, 0.25) is 5.91 Å². The van der Waals surface area contributed by atoms with Crippen LogP contribution in [0, 0.1) is 13.8 Å². The molecular weight excluding hydrogens is 226 g/mol. The SMILES string of the molecule is C=CCNC(=O)/C=C/c1c(C)cc(OC)cc1C. The van der Waals surface area contributed by atoms with E-state index in [0.717, 1.165) is 22.4 Å². The zero-order chi connectivity index (χ0) is 13.5. The number of nitrogens with one attached hydrogen (secondary N) is 1. The van der Waals surface area contributed by atoms with Crippen molar-refractivity contribution in [2.45, 2.75) is 13.8 Å². The molecule has 3 heteroatoms. The first-order valence-electron chi connectivity index (χ1n) is 5.80. The normalized spacial score (nSPS) is 10.4. The van der Waals surface area contributed by atoms with Crippen LogP contribution in [-0.2, 0) is 4.79 Å². The molecule has 96 valence electrons. The number of hydrogen-bond acceptors (Lipinski definition) is 2. The van der Waals surface area contributed by atoms with Crippen molar-refractivity contribution >= 4 is 12.0 Å². The average molecular weight is 245 g/mol. The summed E-state index contributed by atoms with van der Waals surface area (Å²) in [5.41, 5.74) is 3.21. The van der Waals surface area contributed by atoms with Crippen LogP contribution >= 0.6 is 0 Å². The highest BCUT2D eigenvalue weighted by atomic mass is 16.5. The lowest BCUT2D eigenvalue weighted by atomic mass is 10.0. The number of benzene rings is 1. The van der Waals surface area contributed by atoms with E-state index in [1.807, 2.05) is 32.1 Å². The molecule has 18 heavy (non-hydrogen) atoms. The van der Waals surface area contributed by atoms with Crippen molar-refractivity contribution in [1.29, 1.82) is 0 Å². The van der Waals surface area contributed by atoms with E-state index in [4.69, 9.17) is 4.74 Å². The van der Waals surface area contributed by atoms with Gasteiger partial charge in [-0.25, -0.2) is 0 Å². The van der Waals surface area contributed by atoms with Crippen molar-refractivity contribution in [3.8, 4) is 5.75 Å². The first-order chi connectivity index (χ1) is 8.58. The molecule has 0 aliphatic carbocycles. The summed E-state index contributed by atoms with van der Waals surface area (Å²) in [7, 11) is 1.65. The van der Waals surface area contributed by atoms with E-state index < -0.39 is 0 Å². The Balaban J connectivity index is 2.87. The van der Waals surface area contributed by atoms with Gasteiger partial charge in [0.15, 0.2) is 0 Å². The van der Waals surface area contributed by atoms with Crippen LogP contribution in [0.5, 0.6) is 5.75 Å². The van der Waals surface area contributed by atoms with Crippen molar-refractivity contribution in [3.63, 3.8) is 0 Å². The van der Waals surface area contributed by atoms with Crippen LogP contribution in [0.15, 0.2) is 30.9 Å². The van der Waals surface area contributed by atoms with Crippen molar-refractivity contribution < 1.29 is 9.53 Å². The van der Waals surface area contributed by atoms with Crippen LogP contribution in [-0.4, -0.2) is 19.6 Å². The third-order valence-electron chi connectivity index (χ3n) is 2.62. The maximum absolute atomic E-state index is 11.5. The van der Waals surface area contributed by atoms with Gasteiger partial charge in [-0.1, -0.05) is 6.08 Å². The molecule has 0 heterocycles. The lowest BCUT2D eigenvalue weighted by molar-refractivity contribution is -0.116. The summed E-state index contributed by atoms with van der Waals surface area (Å²) in [6.07, 6.45) is 5.00. The molecule has 0 spiro atoms. The van der Waals surface area contributed by atoms with Crippen molar-refractivity contribution in [1.82, 2.24) is 5.32 Å². The zero-order valence-electron chi connectivity index (χ0n) is 11.1. The Hall–Kier alpha value is -2.03. The van der Waals surface area contributed by atoms with Gasteiger partial charge >= 0.3 is 0 Å². The minimum absolute atomic E-state index is 0.121. The standard InChI is InChI=1S/C15H19NO2/c1-5-8-16-15(17)7-6-14-11(2)9-13(18-4)10-12(14)3/h5-7,9-10H,1,8H2,2-4H3,(H,16,17)/b7-6+. The summed E-state index contributed by atoms with van der Waals surface area (Å²) in [6.45, 7) is 8.02. The Labute approximate surface area is 108 Å². The molecule has 1 aromatic rings. The Morgan fingerprint density at radius 2 is 2.00 bits per heavy atom. The molecule has 0 bridgehead atoms. The van der Waals surface area contributed by atoms with Gasteiger partial charge in [-0.3, -0.25) is 4.79 Å². The first-order valence-corrected chi connectivity index (χ1v) is 5.80. The number of carbonyl (C=O) groups excluding carboxylic acids is 1. The van der Waals surface area contributed by atoms with Crippen LogP contribution in [0.3, 0.4) is 0 Å². The second kappa shape index (κ2) is 6.64. The van der Waals surface area contributed by atoms with Gasteiger partial charge in [0.1, 0.15) is 5.75 Å². The number of ether oxygens (including phenoxy) is 1. The number of hydrogen-bond donors (Lipinski definition) is 1. The first kappa shape index (κ1) is 14.0. The van der Waals surface area contributed by atoms with Gasteiger partial charge in [0, 0.05) is 12.6 Å². The molecule has 3 nitrogen and oxygen atoms in total. The maximum Gasteiger partial charge on any atom is 0.244 e. The summed E-state index contributed by atoms with van der Waals surface area (Å²) < 4.78 is 5.20. The van der Waals surface area contributed by atoms with Gasteiger partial charge in [0.25, 0.3) is 0 Å². The van der Waals surface area contributed by atoms with Gasteiger partial charge in [0.05, 0.1) is 7.11 Å². The third kappa shape index (κ3) is 3.77. The molecule has 1 rings (SSSR count). The fraction of sp³-hybridized carbons (Fsp3) is 0.267. The number of aryl methyl sites for hydroxylation is 2. The minimum atomic E-state index is -0.121. The summed E-state index contributed by atoms with van der Waals surface area (Å²) in [6, 6.07) is 3.91. The second-order valence-electron chi connectivity index (χ2n) is 4.04.